The van der Waals surface area contributed by atoms with Crippen LogP contribution in [0.4, 0.5) is 0 Å². The van der Waals surface area contributed by atoms with Crippen LogP contribution in [0, 0.1) is 6.92 Å². The predicted octanol–water partition coefficient (Wildman–Crippen LogP) is 2.28. The van der Waals surface area contributed by atoms with Crippen LogP contribution >= 0.6 is 0 Å². The molecule has 1 atom stereocenters. The number of nitrogens with zero attached hydrogens (tertiary/aromatic N) is 1. The third-order valence-corrected chi connectivity index (χ3v) is 6.23. The van der Waals surface area contributed by atoms with Crippen molar-refractivity contribution in [1.29, 1.82) is 0 Å². The second-order valence-corrected chi connectivity index (χ2v) is 7.97. The van der Waals surface area contributed by atoms with E-state index in [2.05, 4.69) is 43.0 Å². The Morgan fingerprint density at radius 2 is 2.05 bits per heavy atom. The van der Waals surface area contributed by atoms with Gasteiger partial charge < -0.3 is 17.7 Å². The Balaban J connectivity index is 1.86. The van der Waals surface area contributed by atoms with Gasteiger partial charge in [0.05, 0.1) is 19.3 Å². The SMILES string of the molecule is CCCO[Si]12OCCN(CCO1)CC(c1cccc(C)c1)O2. The lowest BCUT2D eigenvalue weighted by Gasteiger charge is -2.40. The molecule has 1 unspecified atom stereocenters. The lowest BCUT2D eigenvalue weighted by molar-refractivity contribution is -0.100. The summed E-state index contributed by atoms with van der Waals surface area (Å²) >= 11 is 0. The first-order valence-electron chi connectivity index (χ1n) is 8.09. The molecule has 122 valence electrons. The fourth-order valence-electron chi connectivity index (χ4n) is 2.84. The van der Waals surface area contributed by atoms with E-state index in [4.69, 9.17) is 17.7 Å². The van der Waals surface area contributed by atoms with Crippen molar-refractivity contribution in [3.63, 3.8) is 0 Å². The molecule has 4 rings (SSSR count). The van der Waals surface area contributed by atoms with E-state index in [0.29, 0.717) is 19.8 Å². The van der Waals surface area contributed by atoms with Gasteiger partial charge in [-0.25, -0.2) is 0 Å². The second-order valence-electron chi connectivity index (χ2n) is 5.87. The summed E-state index contributed by atoms with van der Waals surface area (Å²) in [6.45, 7) is 8.67. The van der Waals surface area contributed by atoms with Crippen molar-refractivity contribution < 1.29 is 17.7 Å². The number of fused-ring (bicyclic) bond motifs is 6. The van der Waals surface area contributed by atoms with E-state index in [-0.39, 0.29) is 6.10 Å². The first-order chi connectivity index (χ1) is 10.7. The smallest absolute Gasteiger partial charge is 0.351 e. The highest BCUT2D eigenvalue weighted by molar-refractivity contribution is 6.53. The van der Waals surface area contributed by atoms with Crippen LogP contribution in [0.2, 0.25) is 0 Å². The van der Waals surface area contributed by atoms with Gasteiger partial charge in [-0.15, -0.1) is 0 Å². The van der Waals surface area contributed by atoms with Gasteiger partial charge in [-0.3, -0.25) is 4.90 Å². The molecular weight excluding hydrogens is 298 g/mol. The average Bonchev–Trinajstić information content (AvgIpc) is 2.45. The number of rotatable bonds is 4. The van der Waals surface area contributed by atoms with E-state index in [1.807, 2.05) is 0 Å². The molecule has 0 amide bonds. The second kappa shape index (κ2) is 7.21. The zero-order chi connectivity index (χ0) is 15.4. The van der Waals surface area contributed by atoms with Crippen molar-refractivity contribution in [2.24, 2.45) is 0 Å². The molecule has 0 saturated carbocycles. The molecule has 22 heavy (non-hydrogen) atoms. The monoisotopic (exact) mass is 323 g/mol. The highest BCUT2D eigenvalue weighted by Gasteiger charge is 2.50. The van der Waals surface area contributed by atoms with E-state index in [9.17, 15) is 0 Å². The zero-order valence-electron chi connectivity index (χ0n) is 13.4. The van der Waals surface area contributed by atoms with Gasteiger partial charge in [0.15, 0.2) is 0 Å². The molecule has 1 aromatic rings. The molecule has 3 saturated heterocycles. The van der Waals surface area contributed by atoms with E-state index in [1.54, 1.807) is 0 Å². The Kier molecular flexibility index (Phi) is 5.28. The summed E-state index contributed by atoms with van der Waals surface area (Å²) in [6, 6.07) is 8.45. The summed E-state index contributed by atoms with van der Waals surface area (Å²) in [4.78, 5) is 2.34. The van der Waals surface area contributed by atoms with Crippen molar-refractivity contribution in [3.05, 3.63) is 35.4 Å². The highest BCUT2D eigenvalue weighted by atomic mass is 28.4. The van der Waals surface area contributed by atoms with Crippen LogP contribution in [0.5, 0.6) is 0 Å². The normalized spacial score (nSPS) is 32.3. The van der Waals surface area contributed by atoms with Crippen LogP contribution in [0.1, 0.15) is 30.6 Å². The molecule has 6 heteroatoms. The van der Waals surface area contributed by atoms with Gasteiger partial charge in [0, 0.05) is 26.2 Å². The molecule has 0 spiro atoms. The van der Waals surface area contributed by atoms with Crippen molar-refractivity contribution in [3.8, 4) is 0 Å². The van der Waals surface area contributed by atoms with Gasteiger partial charge in [-0.05, 0) is 18.9 Å². The van der Waals surface area contributed by atoms with Gasteiger partial charge in [0.25, 0.3) is 0 Å². The number of hydrogen-bond donors (Lipinski definition) is 0. The van der Waals surface area contributed by atoms with E-state index in [1.165, 1.54) is 5.56 Å². The first-order valence-corrected chi connectivity index (χ1v) is 9.73. The van der Waals surface area contributed by atoms with E-state index < -0.39 is 9.05 Å². The Labute approximate surface area is 133 Å². The molecule has 0 N–H and O–H groups in total. The third kappa shape index (κ3) is 3.76. The lowest BCUT2D eigenvalue weighted by atomic mass is 10.1. The molecular formula is C16H25NO4Si. The molecule has 0 aromatic heterocycles. The van der Waals surface area contributed by atoms with Gasteiger partial charge in [0.1, 0.15) is 0 Å². The Bertz CT molecular complexity index is 483. The maximum Gasteiger partial charge on any atom is 0.680 e. The van der Waals surface area contributed by atoms with Crippen molar-refractivity contribution in [2.45, 2.75) is 26.4 Å². The standard InChI is InChI=1S/C16H25NO4Si/c1-3-9-18-22-19-10-7-17(8-11-20-22)13-16(21-22)15-6-4-5-14(2)12-15/h4-6,12,16H,3,7-11,13H2,1-2H3. The van der Waals surface area contributed by atoms with Crippen LogP contribution in [0.3, 0.4) is 0 Å². The molecule has 5 nitrogen and oxygen atoms in total. The minimum absolute atomic E-state index is 0.0657. The summed E-state index contributed by atoms with van der Waals surface area (Å²) in [7, 11) is -3.04. The van der Waals surface area contributed by atoms with Crippen molar-refractivity contribution in [2.75, 3.05) is 39.5 Å². The zero-order valence-corrected chi connectivity index (χ0v) is 14.4. The molecule has 2 bridgehead atoms. The molecule has 0 aliphatic carbocycles. The number of benzene rings is 1. The fraction of sp³-hybridized carbons (Fsp3) is 0.625. The van der Waals surface area contributed by atoms with Gasteiger partial charge >= 0.3 is 9.05 Å². The average molecular weight is 323 g/mol. The molecule has 3 aliphatic rings. The van der Waals surface area contributed by atoms with E-state index >= 15 is 0 Å². The van der Waals surface area contributed by atoms with Crippen LogP contribution in [-0.4, -0.2) is 53.4 Å². The maximum absolute atomic E-state index is 6.32. The van der Waals surface area contributed by atoms with Gasteiger partial charge in [-0.1, -0.05) is 36.8 Å². The Hall–Kier alpha value is -0.763. The molecule has 3 heterocycles. The molecule has 3 fully saturated rings. The Morgan fingerprint density at radius 1 is 1.27 bits per heavy atom. The molecule has 1 aromatic carbocycles. The minimum Gasteiger partial charge on any atom is -0.351 e. The fourth-order valence-corrected chi connectivity index (χ4v) is 4.99. The summed E-state index contributed by atoms with van der Waals surface area (Å²) < 4.78 is 24.2. The third-order valence-electron chi connectivity index (χ3n) is 3.98. The summed E-state index contributed by atoms with van der Waals surface area (Å²) in [5.41, 5.74) is 2.40. The minimum atomic E-state index is -3.04. The molecule has 0 radical (unpaired) electrons. The summed E-state index contributed by atoms with van der Waals surface area (Å²) in [5.74, 6) is 0. The van der Waals surface area contributed by atoms with Crippen molar-refractivity contribution in [1.82, 2.24) is 4.90 Å². The highest BCUT2D eigenvalue weighted by Crippen LogP contribution is 2.29. The van der Waals surface area contributed by atoms with Crippen LogP contribution < -0.4 is 0 Å². The molecule has 3 aliphatic heterocycles. The van der Waals surface area contributed by atoms with Gasteiger partial charge in [0.2, 0.25) is 0 Å². The topological polar surface area (TPSA) is 40.2 Å². The predicted molar refractivity (Wildman–Crippen MR) is 85.3 cm³/mol. The first kappa shape index (κ1) is 16.1. The van der Waals surface area contributed by atoms with Crippen molar-refractivity contribution >= 4 is 9.05 Å². The quantitative estimate of drug-likeness (QED) is 0.795. The largest absolute Gasteiger partial charge is 0.680 e. The van der Waals surface area contributed by atoms with Gasteiger partial charge in [-0.2, -0.15) is 0 Å². The van der Waals surface area contributed by atoms with Crippen LogP contribution in [-0.2, 0) is 17.7 Å². The van der Waals surface area contributed by atoms with E-state index in [0.717, 1.165) is 31.6 Å². The summed E-state index contributed by atoms with van der Waals surface area (Å²) in [5, 5.41) is 0. The maximum atomic E-state index is 6.32. The summed E-state index contributed by atoms with van der Waals surface area (Å²) in [6.07, 6.45) is 0.857. The van der Waals surface area contributed by atoms with Crippen LogP contribution in [0.15, 0.2) is 24.3 Å². The number of aryl methyl sites for hydroxylation is 1. The Morgan fingerprint density at radius 3 is 2.73 bits per heavy atom. The van der Waals surface area contributed by atoms with Crippen LogP contribution in [0.25, 0.3) is 0 Å². The lowest BCUT2D eigenvalue weighted by Crippen LogP contribution is -2.57. The number of hydrogen-bond acceptors (Lipinski definition) is 5.